The van der Waals surface area contributed by atoms with Crippen LogP contribution in [0.25, 0.3) is 0 Å². The SMILES string of the molecule is CCOC(C)CNS(=O)(=O)N1CCCCC1CO. The molecular weight excluding hydrogens is 256 g/mol. The van der Waals surface area contributed by atoms with Crippen LogP contribution in [0.4, 0.5) is 0 Å². The van der Waals surface area contributed by atoms with Gasteiger partial charge in [0.15, 0.2) is 0 Å². The Morgan fingerprint density at radius 2 is 2.22 bits per heavy atom. The van der Waals surface area contributed by atoms with Crippen molar-refractivity contribution in [2.24, 2.45) is 0 Å². The van der Waals surface area contributed by atoms with Gasteiger partial charge < -0.3 is 9.84 Å². The van der Waals surface area contributed by atoms with Crippen LogP contribution in [0.1, 0.15) is 33.1 Å². The first kappa shape index (κ1) is 15.8. The van der Waals surface area contributed by atoms with E-state index in [4.69, 9.17) is 4.74 Å². The van der Waals surface area contributed by atoms with Crippen LogP contribution in [0.5, 0.6) is 0 Å². The van der Waals surface area contributed by atoms with Crippen LogP contribution < -0.4 is 4.72 Å². The van der Waals surface area contributed by atoms with E-state index in [1.165, 1.54) is 4.31 Å². The van der Waals surface area contributed by atoms with Gasteiger partial charge in [-0.3, -0.25) is 0 Å². The van der Waals surface area contributed by atoms with E-state index in [0.717, 1.165) is 19.3 Å². The molecule has 0 bridgehead atoms. The van der Waals surface area contributed by atoms with Gasteiger partial charge in [-0.2, -0.15) is 17.4 Å². The van der Waals surface area contributed by atoms with Crippen LogP contribution in [-0.4, -0.2) is 56.3 Å². The molecule has 108 valence electrons. The summed E-state index contributed by atoms with van der Waals surface area (Å²) in [5.74, 6) is 0. The normalized spacial score (nSPS) is 24.1. The lowest BCUT2D eigenvalue weighted by atomic mass is 10.1. The van der Waals surface area contributed by atoms with Crippen molar-refractivity contribution in [2.45, 2.75) is 45.3 Å². The number of aliphatic hydroxyl groups excluding tert-OH is 1. The van der Waals surface area contributed by atoms with E-state index in [9.17, 15) is 13.5 Å². The molecule has 0 saturated carbocycles. The smallest absolute Gasteiger partial charge is 0.279 e. The Bertz CT molecular complexity index is 334. The Hall–Kier alpha value is -0.210. The molecule has 1 aliphatic rings. The molecule has 2 unspecified atom stereocenters. The highest BCUT2D eigenvalue weighted by Gasteiger charge is 2.31. The van der Waals surface area contributed by atoms with Crippen molar-refractivity contribution in [2.75, 3.05) is 26.3 Å². The molecule has 1 fully saturated rings. The van der Waals surface area contributed by atoms with Crippen molar-refractivity contribution in [3.8, 4) is 0 Å². The van der Waals surface area contributed by atoms with Gasteiger partial charge in [-0.25, -0.2) is 0 Å². The number of rotatable bonds is 7. The van der Waals surface area contributed by atoms with Gasteiger partial charge in [0.05, 0.1) is 12.7 Å². The summed E-state index contributed by atoms with van der Waals surface area (Å²) in [7, 11) is -3.51. The maximum atomic E-state index is 12.1. The van der Waals surface area contributed by atoms with Gasteiger partial charge in [0, 0.05) is 25.7 Å². The minimum atomic E-state index is -3.51. The highest BCUT2D eigenvalue weighted by Crippen LogP contribution is 2.19. The number of nitrogens with one attached hydrogen (secondary N) is 1. The topological polar surface area (TPSA) is 78.9 Å². The summed E-state index contributed by atoms with van der Waals surface area (Å²) in [5.41, 5.74) is 0. The molecule has 1 heterocycles. The van der Waals surface area contributed by atoms with Crippen LogP contribution in [-0.2, 0) is 14.9 Å². The number of piperidine rings is 1. The van der Waals surface area contributed by atoms with Crippen molar-refractivity contribution < 1.29 is 18.3 Å². The lowest BCUT2D eigenvalue weighted by Gasteiger charge is -2.33. The molecule has 0 aromatic carbocycles. The fourth-order valence-electron chi connectivity index (χ4n) is 2.12. The third-order valence-corrected chi connectivity index (χ3v) is 4.73. The third kappa shape index (κ3) is 4.47. The molecule has 7 heteroatoms. The van der Waals surface area contributed by atoms with Gasteiger partial charge in [-0.05, 0) is 26.7 Å². The molecule has 1 aliphatic heterocycles. The minimum absolute atomic E-state index is 0.123. The number of hydrogen-bond acceptors (Lipinski definition) is 4. The van der Waals surface area contributed by atoms with Crippen molar-refractivity contribution >= 4 is 10.2 Å². The minimum Gasteiger partial charge on any atom is -0.395 e. The Morgan fingerprint density at radius 1 is 1.50 bits per heavy atom. The highest BCUT2D eigenvalue weighted by molar-refractivity contribution is 7.87. The third-order valence-electron chi connectivity index (χ3n) is 3.10. The standard InChI is InChI=1S/C11H24N2O4S/c1-3-17-10(2)8-12-18(15,16)13-7-5-4-6-11(13)9-14/h10-12,14H,3-9H2,1-2H3. The van der Waals surface area contributed by atoms with Crippen LogP contribution in [0.15, 0.2) is 0 Å². The molecule has 0 radical (unpaired) electrons. The van der Waals surface area contributed by atoms with Crippen molar-refractivity contribution in [3.05, 3.63) is 0 Å². The van der Waals surface area contributed by atoms with E-state index in [1.54, 1.807) is 0 Å². The van der Waals surface area contributed by atoms with Gasteiger partial charge in [0.2, 0.25) is 0 Å². The molecule has 0 spiro atoms. The molecule has 2 atom stereocenters. The van der Waals surface area contributed by atoms with Crippen molar-refractivity contribution in [3.63, 3.8) is 0 Å². The Morgan fingerprint density at radius 3 is 2.83 bits per heavy atom. The van der Waals surface area contributed by atoms with Crippen LogP contribution in [0, 0.1) is 0 Å². The van der Waals surface area contributed by atoms with Crippen molar-refractivity contribution in [1.82, 2.24) is 9.03 Å². The first-order valence-corrected chi connectivity index (χ1v) is 7.94. The van der Waals surface area contributed by atoms with E-state index in [1.807, 2.05) is 13.8 Å². The van der Waals surface area contributed by atoms with Crippen LogP contribution in [0.3, 0.4) is 0 Å². The summed E-state index contributed by atoms with van der Waals surface area (Å²) in [4.78, 5) is 0. The zero-order valence-corrected chi connectivity index (χ0v) is 11.9. The quantitative estimate of drug-likeness (QED) is 0.693. The molecular formula is C11H24N2O4S. The summed E-state index contributed by atoms with van der Waals surface area (Å²) in [5, 5.41) is 9.23. The van der Waals surface area contributed by atoms with Gasteiger partial charge in [-0.15, -0.1) is 0 Å². The maximum Gasteiger partial charge on any atom is 0.279 e. The largest absolute Gasteiger partial charge is 0.395 e. The number of nitrogens with zero attached hydrogens (tertiary/aromatic N) is 1. The monoisotopic (exact) mass is 280 g/mol. The zero-order valence-electron chi connectivity index (χ0n) is 11.1. The summed E-state index contributed by atoms with van der Waals surface area (Å²) in [6.07, 6.45) is 2.38. The second kappa shape index (κ2) is 7.40. The molecule has 0 aromatic heterocycles. The fourth-order valence-corrected chi connectivity index (χ4v) is 3.67. The van der Waals surface area contributed by atoms with E-state index >= 15 is 0 Å². The number of hydrogen-bond donors (Lipinski definition) is 2. The van der Waals surface area contributed by atoms with Crippen LogP contribution in [0.2, 0.25) is 0 Å². The second-order valence-electron chi connectivity index (χ2n) is 4.56. The summed E-state index contributed by atoms with van der Waals surface area (Å²) < 4.78 is 33.4. The molecule has 0 aromatic rings. The molecule has 2 N–H and O–H groups in total. The molecule has 1 saturated heterocycles. The first-order valence-electron chi connectivity index (χ1n) is 6.50. The second-order valence-corrected chi connectivity index (χ2v) is 6.27. The van der Waals surface area contributed by atoms with Crippen molar-refractivity contribution in [1.29, 1.82) is 0 Å². The number of ether oxygens (including phenoxy) is 1. The van der Waals surface area contributed by atoms with Gasteiger partial charge >= 0.3 is 0 Å². The molecule has 1 rings (SSSR count). The molecule has 18 heavy (non-hydrogen) atoms. The molecule has 6 nitrogen and oxygen atoms in total. The summed E-state index contributed by atoms with van der Waals surface area (Å²) in [6.45, 7) is 4.87. The van der Waals surface area contributed by atoms with Crippen LogP contribution >= 0.6 is 0 Å². The average molecular weight is 280 g/mol. The zero-order chi connectivity index (χ0) is 13.6. The molecule has 0 amide bonds. The lowest BCUT2D eigenvalue weighted by molar-refractivity contribution is 0.0791. The van der Waals surface area contributed by atoms with E-state index in [-0.39, 0.29) is 25.3 Å². The van der Waals surface area contributed by atoms with Gasteiger partial charge in [0.25, 0.3) is 10.2 Å². The maximum absolute atomic E-state index is 12.1. The van der Waals surface area contributed by atoms with E-state index in [0.29, 0.717) is 13.2 Å². The summed E-state index contributed by atoms with van der Waals surface area (Å²) in [6, 6.07) is -0.293. The summed E-state index contributed by atoms with van der Waals surface area (Å²) >= 11 is 0. The first-order chi connectivity index (χ1) is 8.51. The van der Waals surface area contributed by atoms with Gasteiger partial charge in [-0.1, -0.05) is 6.42 Å². The Labute approximate surface area is 109 Å². The predicted octanol–water partition coefficient (Wildman–Crippen LogP) is 0.0926. The fraction of sp³-hybridized carbons (Fsp3) is 1.00. The average Bonchev–Trinajstić information content (AvgIpc) is 2.37. The Kier molecular flexibility index (Phi) is 6.51. The highest BCUT2D eigenvalue weighted by atomic mass is 32.2. The lowest BCUT2D eigenvalue weighted by Crippen LogP contribution is -2.51. The predicted molar refractivity (Wildman–Crippen MR) is 69.4 cm³/mol. The van der Waals surface area contributed by atoms with E-state index < -0.39 is 10.2 Å². The molecule has 0 aliphatic carbocycles. The van der Waals surface area contributed by atoms with Gasteiger partial charge in [0.1, 0.15) is 0 Å². The van der Waals surface area contributed by atoms with E-state index in [2.05, 4.69) is 4.72 Å². The Balaban J connectivity index is 2.55. The number of aliphatic hydroxyl groups is 1.